The summed E-state index contributed by atoms with van der Waals surface area (Å²) in [6.07, 6.45) is 8.08. The average Bonchev–Trinajstić information content (AvgIpc) is 2.61. The van der Waals surface area contributed by atoms with Crippen LogP contribution >= 0.6 is 0 Å². The van der Waals surface area contributed by atoms with Gasteiger partial charge in [0, 0.05) is 17.8 Å². The maximum atomic E-state index is 4.52. The lowest BCUT2D eigenvalue weighted by Gasteiger charge is -2.33. The molecule has 0 bridgehead atoms. The SMILES string of the molecule is C1=CN=C2C[C@H]3CNCC3C[C@H]2C1. The number of hydrogen-bond donors (Lipinski definition) is 1. The molecule has 2 fully saturated rings. The van der Waals surface area contributed by atoms with E-state index < -0.39 is 0 Å². The highest BCUT2D eigenvalue weighted by atomic mass is 14.9. The van der Waals surface area contributed by atoms with E-state index in [1.807, 2.05) is 6.20 Å². The van der Waals surface area contributed by atoms with Crippen molar-refractivity contribution in [1.29, 1.82) is 0 Å². The first kappa shape index (κ1) is 7.74. The highest BCUT2D eigenvalue weighted by molar-refractivity contribution is 5.89. The van der Waals surface area contributed by atoms with Gasteiger partial charge in [0.1, 0.15) is 0 Å². The molecule has 0 aromatic heterocycles. The van der Waals surface area contributed by atoms with E-state index in [-0.39, 0.29) is 0 Å². The van der Waals surface area contributed by atoms with Crippen LogP contribution in [-0.2, 0) is 0 Å². The van der Waals surface area contributed by atoms with Gasteiger partial charge in [-0.1, -0.05) is 6.08 Å². The van der Waals surface area contributed by atoms with Crippen molar-refractivity contribution >= 4 is 5.71 Å². The van der Waals surface area contributed by atoms with Crippen molar-refractivity contribution in [2.75, 3.05) is 13.1 Å². The fraction of sp³-hybridized carbons (Fsp3) is 0.727. The minimum Gasteiger partial charge on any atom is -0.316 e. The second-order valence-electron chi connectivity index (χ2n) is 4.56. The minimum atomic E-state index is 0.783. The normalized spacial score (nSPS) is 42.5. The number of rotatable bonds is 0. The van der Waals surface area contributed by atoms with Gasteiger partial charge in [-0.05, 0) is 44.2 Å². The monoisotopic (exact) mass is 176 g/mol. The summed E-state index contributed by atoms with van der Waals surface area (Å²) < 4.78 is 0. The molecule has 0 aromatic carbocycles. The molecule has 2 nitrogen and oxygen atoms in total. The number of aliphatic imine (C=N–C) groups is 1. The third-order valence-corrected chi connectivity index (χ3v) is 3.78. The van der Waals surface area contributed by atoms with Crippen LogP contribution < -0.4 is 5.32 Å². The Morgan fingerprint density at radius 2 is 2.23 bits per heavy atom. The molecule has 1 aliphatic carbocycles. The van der Waals surface area contributed by atoms with E-state index >= 15 is 0 Å². The topological polar surface area (TPSA) is 24.4 Å². The summed E-state index contributed by atoms with van der Waals surface area (Å²) in [6.45, 7) is 2.47. The van der Waals surface area contributed by atoms with Crippen LogP contribution in [0.15, 0.2) is 17.3 Å². The van der Waals surface area contributed by atoms with Crippen molar-refractivity contribution in [1.82, 2.24) is 5.32 Å². The van der Waals surface area contributed by atoms with Crippen LogP contribution in [0.2, 0.25) is 0 Å². The Morgan fingerprint density at radius 3 is 3.23 bits per heavy atom. The Kier molecular flexibility index (Phi) is 1.76. The Balaban J connectivity index is 1.83. The van der Waals surface area contributed by atoms with Gasteiger partial charge >= 0.3 is 0 Å². The highest BCUT2D eigenvalue weighted by Crippen LogP contribution is 2.37. The van der Waals surface area contributed by atoms with Gasteiger partial charge in [-0.2, -0.15) is 0 Å². The van der Waals surface area contributed by atoms with E-state index in [4.69, 9.17) is 0 Å². The highest BCUT2D eigenvalue weighted by Gasteiger charge is 2.37. The molecule has 0 radical (unpaired) electrons. The fourth-order valence-electron chi connectivity index (χ4n) is 3.00. The maximum absolute atomic E-state index is 4.52. The summed E-state index contributed by atoms with van der Waals surface area (Å²) in [5.41, 5.74) is 1.48. The quantitative estimate of drug-likeness (QED) is 0.595. The predicted molar refractivity (Wildman–Crippen MR) is 53.8 cm³/mol. The van der Waals surface area contributed by atoms with Gasteiger partial charge in [-0.3, -0.25) is 4.99 Å². The first-order chi connectivity index (χ1) is 6.43. The molecule has 2 heteroatoms. The molecule has 1 saturated carbocycles. The van der Waals surface area contributed by atoms with Gasteiger partial charge in [0.05, 0.1) is 0 Å². The zero-order valence-electron chi connectivity index (χ0n) is 7.87. The lowest BCUT2D eigenvalue weighted by atomic mass is 9.73. The van der Waals surface area contributed by atoms with Crippen molar-refractivity contribution < 1.29 is 0 Å². The molecule has 3 aliphatic rings. The minimum absolute atomic E-state index is 0.783. The van der Waals surface area contributed by atoms with Crippen molar-refractivity contribution in [3.8, 4) is 0 Å². The van der Waals surface area contributed by atoms with Gasteiger partial charge in [-0.15, -0.1) is 0 Å². The van der Waals surface area contributed by atoms with Gasteiger partial charge in [-0.25, -0.2) is 0 Å². The Hall–Kier alpha value is -0.630. The smallest absolute Gasteiger partial charge is 0.0227 e. The second-order valence-corrected chi connectivity index (χ2v) is 4.56. The van der Waals surface area contributed by atoms with Crippen LogP contribution in [0.4, 0.5) is 0 Å². The molecule has 0 spiro atoms. The predicted octanol–water partition coefficient (Wildman–Crippen LogP) is 1.59. The number of nitrogens with zero attached hydrogens (tertiary/aromatic N) is 1. The van der Waals surface area contributed by atoms with Crippen LogP contribution in [0.1, 0.15) is 19.3 Å². The number of nitrogens with one attached hydrogen (secondary N) is 1. The summed E-state index contributed by atoms with van der Waals surface area (Å²) >= 11 is 0. The number of allylic oxidation sites excluding steroid dienone is 1. The molecule has 0 amide bonds. The Morgan fingerprint density at radius 1 is 1.31 bits per heavy atom. The molecule has 2 heterocycles. The van der Waals surface area contributed by atoms with E-state index in [9.17, 15) is 0 Å². The van der Waals surface area contributed by atoms with Crippen LogP contribution in [0.5, 0.6) is 0 Å². The van der Waals surface area contributed by atoms with Crippen molar-refractivity contribution in [2.45, 2.75) is 19.3 Å². The summed E-state index contributed by atoms with van der Waals surface area (Å²) in [7, 11) is 0. The van der Waals surface area contributed by atoms with Gasteiger partial charge < -0.3 is 5.32 Å². The molecular weight excluding hydrogens is 160 g/mol. The average molecular weight is 176 g/mol. The summed E-state index contributed by atoms with van der Waals surface area (Å²) in [5, 5.41) is 3.50. The molecule has 1 saturated heterocycles. The van der Waals surface area contributed by atoms with Crippen molar-refractivity contribution in [3.63, 3.8) is 0 Å². The largest absolute Gasteiger partial charge is 0.316 e. The zero-order chi connectivity index (χ0) is 8.67. The molecule has 3 rings (SSSR count). The molecule has 1 unspecified atom stereocenters. The molecule has 3 atom stereocenters. The summed E-state index contributed by atoms with van der Waals surface area (Å²) in [4.78, 5) is 4.52. The van der Waals surface area contributed by atoms with E-state index in [0.29, 0.717) is 0 Å². The van der Waals surface area contributed by atoms with Gasteiger partial charge in [0.15, 0.2) is 0 Å². The third-order valence-electron chi connectivity index (χ3n) is 3.78. The van der Waals surface area contributed by atoms with Gasteiger partial charge in [0.25, 0.3) is 0 Å². The molecule has 13 heavy (non-hydrogen) atoms. The van der Waals surface area contributed by atoms with E-state index in [1.54, 1.807) is 0 Å². The van der Waals surface area contributed by atoms with Gasteiger partial charge in [0.2, 0.25) is 0 Å². The van der Waals surface area contributed by atoms with Crippen LogP contribution in [-0.4, -0.2) is 18.8 Å². The first-order valence-corrected chi connectivity index (χ1v) is 5.36. The number of hydrogen-bond acceptors (Lipinski definition) is 2. The molecule has 2 aliphatic heterocycles. The van der Waals surface area contributed by atoms with Crippen LogP contribution in [0.3, 0.4) is 0 Å². The molecule has 1 N–H and O–H groups in total. The maximum Gasteiger partial charge on any atom is 0.0227 e. The number of fused-ring (bicyclic) bond motifs is 2. The molecule has 70 valence electrons. The van der Waals surface area contributed by atoms with Crippen LogP contribution in [0, 0.1) is 17.8 Å². The lowest BCUT2D eigenvalue weighted by molar-refractivity contribution is 0.330. The lowest BCUT2D eigenvalue weighted by Crippen LogP contribution is -2.31. The van der Waals surface area contributed by atoms with Crippen LogP contribution in [0.25, 0.3) is 0 Å². The van der Waals surface area contributed by atoms with Crippen molar-refractivity contribution in [3.05, 3.63) is 12.3 Å². The fourth-order valence-corrected chi connectivity index (χ4v) is 3.00. The standard InChI is InChI=1S/C11H16N2/c1-2-8-4-9-6-12-7-10(9)5-11(8)13-3-1/h1,3,8-10,12H,2,4-7H2/t8-,9?,10+/m1/s1. The molecule has 0 aromatic rings. The zero-order valence-corrected chi connectivity index (χ0v) is 7.87. The summed E-state index contributed by atoms with van der Waals surface area (Å²) in [6, 6.07) is 0. The first-order valence-electron chi connectivity index (χ1n) is 5.36. The van der Waals surface area contributed by atoms with Crippen molar-refractivity contribution in [2.24, 2.45) is 22.7 Å². The van der Waals surface area contributed by atoms with E-state index in [0.717, 1.165) is 17.8 Å². The third kappa shape index (κ3) is 1.24. The van der Waals surface area contributed by atoms with E-state index in [1.165, 1.54) is 38.1 Å². The Bertz CT molecular complexity index is 267. The molecular formula is C11H16N2. The second kappa shape index (κ2) is 2.95. The Labute approximate surface area is 79.1 Å². The summed E-state index contributed by atoms with van der Waals surface area (Å²) in [5.74, 6) is 2.61. The van der Waals surface area contributed by atoms with E-state index in [2.05, 4.69) is 16.4 Å².